The summed E-state index contributed by atoms with van der Waals surface area (Å²) in [4.78, 5) is 147. The van der Waals surface area contributed by atoms with Crippen LogP contribution in [0.1, 0.15) is 148 Å². The van der Waals surface area contributed by atoms with Crippen LogP contribution in [0.2, 0.25) is 0 Å². The first-order valence-electron chi connectivity index (χ1n) is 37.9. The fraction of sp³-hybridized carbons (Fsp3) is 0.757. The van der Waals surface area contributed by atoms with Gasteiger partial charge in [-0.3, -0.25) is 53.5 Å². The van der Waals surface area contributed by atoms with Crippen molar-refractivity contribution in [2.75, 3.05) is 198 Å². The molecule has 3 rings (SSSR count). The van der Waals surface area contributed by atoms with Crippen molar-refractivity contribution in [3.63, 3.8) is 0 Å². The van der Waals surface area contributed by atoms with Crippen LogP contribution in [0.3, 0.4) is 0 Å². The summed E-state index contributed by atoms with van der Waals surface area (Å²) in [5.74, 6) is -0.271. The van der Waals surface area contributed by atoms with E-state index in [-0.39, 0.29) is 139 Å². The Labute approximate surface area is 647 Å². The molecule has 0 saturated carbocycles. The zero-order chi connectivity index (χ0) is 79.4. The van der Waals surface area contributed by atoms with Crippen LogP contribution in [-0.2, 0) is 85.8 Å². The first-order chi connectivity index (χ1) is 52.3. The molecule has 34 heteroatoms. The summed E-state index contributed by atoms with van der Waals surface area (Å²) in [6.45, 7) is 12.4. The van der Waals surface area contributed by atoms with E-state index in [0.29, 0.717) is 147 Å². The molecule has 2 heterocycles. The van der Waals surface area contributed by atoms with Crippen molar-refractivity contribution in [1.82, 2.24) is 45.8 Å². The maximum Gasteiger partial charge on any atom is 0.415 e. The number of methoxy groups -OCH3 is 4. The number of carbonyl (C=O) groups is 11. The third-order valence-corrected chi connectivity index (χ3v) is 19.8. The number of nitrogens with zero attached hydrogens (tertiary/aromatic N) is 5. The Bertz CT molecular complexity index is 2680. The number of nitrogens with one attached hydrogen (secondary N) is 4. The molecule has 2 aliphatic heterocycles. The quantitative estimate of drug-likeness (QED) is 0.0172. The highest BCUT2D eigenvalue weighted by Crippen LogP contribution is 2.30. The number of likely N-dealkylation sites (tertiary alicyclic amines) is 2. The van der Waals surface area contributed by atoms with E-state index in [9.17, 15) is 63.0 Å². The molecular weight excluding hydrogens is 1450 g/mol. The summed E-state index contributed by atoms with van der Waals surface area (Å²) in [6, 6.07) is 6.76. The molecule has 6 N–H and O–H groups in total. The number of thioether (sulfide) groups is 2. The second-order valence-electron chi connectivity index (χ2n) is 25.4. The zero-order valence-corrected chi connectivity index (χ0v) is 66.6. The molecule has 2 aliphatic rings. The van der Waals surface area contributed by atoms with E-state index >= 15 is 0 Å². The Morgan fingerprint density at radius 2 is 1.22 bits per heavy atom. The third kappa shape index (κ3) is 45.4. The van der Waals surface area contributed by atoms with Crippen LogP contribution in [-0.4, -0.2) is 321 Å². The normalized spacial score (nSPS) is 15.0. The van der Waals surface area contributed by atoms with Gasteiger partial charge in [-0.2, -0.15) is 6.61 Å². The predicted octanol–water partition coefficient (Wildman–Crippen LogP) is 4.48. The molecule has 0 spiro atoms. The van der Waals surface area contributed by atoms with E-state index in [1.54, 1.807) is 50.5 Å². The molecule has 32 nitrogen and oxygen atoms in total. The fourth-order valence-electron chi connectivity index (χ4n) is 11.0. The van der Waals surface area contributed by atoms with E-state index < -0.39 is 47.0 Å². The maximum absolute atomic E-state index is 14.0. The van der Waals surface area contributed by atoms with Crippen molar-refractivity contribution in [2.45, 2.75) is 165 Å². The third-order valence-electron chi connectivity index (χ3n) is 17.2. The minimum atomic E-state index is -0.813. The first kappa shape index (κ1) is 98.1. The van der Waals surface area contributed by atoms with Gasteiger partial charge in [-0.05, 0) is 121 Å². The molecule has 1 aromatic rings. The topological polar surface area (TPSA) is 385 Å². The minimum Gasteiger partial charge on any atom is -0.552 e. The number of aldehydes is 1. The average Bonchev–Trinajstić information content (AvgIpc) is 1.69. The number of imide groups is 2. The predicted molar refractivity (Wildman–Crippen MR) is 408 cm³/mol. The molecule has 1 aromatic carbocycles. The van der Waals surface area contributed by atoms with Crippen molar-refractivity contribution < 1.29 is 110 Å². The van der Waals surface area contributed by atoms with Gasteiger partial charge in [0.05, 0.1) is 76.0 Å². The van der Waals surface area contributed by atoms with E-state index in [4.69, 9.17) is 42.6 Å². The van der Waals surface area contributed by atoms with Crippen LogP contribution in [0.5, 0.6) is 5.75 Å². The Hall–Kier alpha value is -5.99. The molecule has 9 amide bonds. The molecule has 0 aromatic heterocycles. The number of hydrogen-bond donors (Lipinski definition) is 6. The monoisotopic (exact) mass is 1570 g/mol. The van der Waals surface area contributed by atoms with Crippen molar-refractivity contribution >= 4 is 89.1 Å². The fourth-order valence-corrected chi connectivity index (χ4v) is 13.4. The van der Waals surface area contributed by atoms with Crippen LogP contribution < -0.4 is 26.0 Å². The van der Waals surface area contributed by atoms with Crippen LogP contribution in [0.15, 0.2) is 24.3 Å². The van der Waals surface area contributed by atoms with Gasteiger partial charge in [0.1, 0.15) is 43.4 Å². The number of carbonyl (C=O) groups excluding carboxylic acids is 11. The van der Waals surface area contributed by atoms with Crippen molar-refractivity contribution in [3.8, 4) is 5.75 Å². The number of aliphatic hydroxyl groups excluding tert-OH is 2. The smallest absolute Gasteiger partial charge is 0.415 e. The number of benzene rings is 1. The lowest BCUT2D eigenvalue weighted by atomic mass is 10.0. The average molecular weight is 1570 g/mol. The number of alkyl carbamates (subject to hydrolysis) is 1. The van der Waals surface area contributed by atoms with Gasteiger partial charge >= 0.3 is 12.2 Å². The Kier molecular flexibility index (Phi) is 57.8. The van der Waals surface area contributed by atoms with Gasteiger partial charge in [-0.25, -0.2) is 9.59 Å². The number of aliphatic hydroxyl groups is 2. The van der Waals surface area contributed by atoms with Gasteiger partial charge in [0, 0.05) is 126 Å². The van der Waals surface area contributed by atoms with E-state index in [1.807, 2.05) is 18.7 Å². The largest absolute Gasteiger partial charge is 0.552 e. The van der Waals surface area contributed by atoms with E-state index in [1.165, 1.54) is 59.0 Å². The Morgan fingerprint density at radius 3 is 1.81 bits per heavy atom. The van der Waals surface area contributed by atoms with Crippen molar-refractivity contribution in [2.24, 2.45) is 0 Å². The van der Waals surface area contributed by atoms with Crippen molar-refractivity contribution in [3.05, 3.63) is 36.4 Å². The van der Waals surface area contributed by atoms with Gasteiger partial charge in [0.25, 0.3) is 0 Å². The molecule has 2 saturated heterocycles. The van der Waals surface area contributed by atoms with Crippen LogP contribution in [0, 0.1) is 6.61 Å². The number of Topliss-reactive ketones (excluding diaryl/α,β-unsaturated/α-hetero) is 1. The second kappa shape index (κ2) is 63.6. The molecule has 0 radical (unpaired) electrons. The van der Waals surface area contributed by atoms with Crippen LogP contribution in [0.4, 0.5) is 9.59 Å². The summed E-state index contributed by atoms with van der Waals surface area (Å²) in [7, 11) is 7.68. The highest BCUT2D eigenvalue weighted by Gasteiger charge is 2.40. The summed E-state index contributed by atoms with van der Waals surface area (Å²) in [6.07, 6.45) is 6.76. The van der Waals surface area contributed by atoms with Gasteiger partial charge in [0.15, 0.2) is 0 Å². The van der Waals surface area contributed by atoms with Crippen LogP contribution in [0.25, 0.3) is 0 Å². The molecule has 108 heavy (non-hydrogen) atoms. The molecule has 5 unspecified atom stereocenters. The van der Waals surface area contributed by atoms with Gasteiger partial charge in [-0.15, -0.1) is 23.5 Å². The SMILES string of the molecule is CCN(CC)C(=O)Oc1ccc(C(CCCC(=O)N(CCCCCCSC2CC(=O)N(CCC(=O)CCCNC(O)CNCCOCCOC)C2=O)CCCCCCSC2CC(=O)N(CCC(O)CCCNC(=O)CN(CCOCCOC)C(=O)COC[CH-]OC)C2=O)OC(=O)NC)cc1.COCCOCC=O. The number of rotatable bonds is 66. The highest BCUT2D eigenvalue weighted by atomic mass is 32.2. The molecule has 0 aliphatic carbocycles. The number of ketones is 1. The highest BCUT2D eigenvalue weighted by molar-refractivity contribution is 8.00. The van der Waals surface area contributed by atoms with Gasteiger partial charge in [0.2, 0.25) is 41.4 Å². The number of amides is 9. The molecule has 618 valence electrons. The van der Waals surface area contributed by atoms with Crippen molar-refractivity contribution in [1.29, 1.82) is 0 Å². The van der Waals surface area contributed by atoms with E-state index in [0.717, 1.165) is 57.7 Å². The van der Waals surface area contributed by atoms with Gasteiger partial charge < -0.3 is 93.0 Å². The number of unbranched alkanes of at least 4 members (excludes halogenated alkanes) is 6. The summed E-state index contributed by atoms with van der Waals surface area (Å²) < 4.78 is 51.6. The zero-order valence-electron chi connectivity index (χ0n) is 65.0. The molecule has 2 fully saturated rings. The van der Waals surface area contributed by atoms with Gasteiger partial charge in [-0.1, -0.05) is 44.4 Å². The lowest BCUT2D eigenvalue weighted by Crippen LogP contribution is -2.44. The lowest BCUT2D eigenvalue weighted by Gasteiger charge is -2.24. The lowest BCUT2D eigenvalue weighted by molar-refractivity contribution is -0.140. The molecule has 0 bridgehead atoms. The minimum absolute atomic E-state index is 0.0251. The summed E-state index contributed by atoms with van der Waals surface area (Å²) in [5, 5.41) is 31.2. The number of hydrogen-bond acceptors (Lipinski definition) is 27. The van der Waals surface area contributed by atoms with E-state index in [2.05, 4.69) is 26.0 Å². The number of ether oxygens (including phenoxy) is 10. The molecule has 5 atom stereocenters. The standard InChI is InChI=1S/C69H116N9O20S2.C5H10O3/c1-7-74(8-2)69(90)97-56-26-24-53(25-27-56)57(98-68(89)70-3)22-17-23-62(83)75(33-13-9-11-15-46-99-58-48-63(84)77(66(58)87)35-28-54(79)20-18-30-72-60(81)50-71-32-38-94-43-40-91-4)34-14-10-12-16-47-100-59-49-64(85)78(67(59)88)36-29-55(80)21-19-31-73-61(82)51-76(37-39-95-44-41-92-5)65(86)52-96-45-42-93-6;1-7-4-5-8-3-2-6/h24-27,42,55,57-60,71-72,80-81H,7-23,28-41,43-52H2,1-6H3,(H,70,89)(H,73,82);2H,3-5H2,1H3/q-1;. The maximum atomic E-state index is 14.0. The summed E-state index contributed by atoms with van der Waals surface area (Å²) >= 11 is 2.91. The Balaban J connectivity index is 0.00000466. The van der Waals surface area contributed by atoms with Crippen LogP contribution >= 0.6 is 23.5 Å². The summed E-state index contributed by atoms with van der Waals surface area (Å²) in [5.41, 5.74) is 0.676. The second-order valence-corrected chi connectivity index (χ2v) is 28.0. The molecular formula is C74H126N9O23S2-. The first-order valence-corrected chi connectivity index (χ1v) is 40.0. The Morgan fingerprint density at radius 1 is 0.620 bits per heavy atom.